The maximum absolute atomic E-state index is 11.9. The van der Waals surface area contributed by atoms with Crippen molar-refractivity contribution in [1.29, 1.82) is 0 Å². The Morgan fingerprint density at radius 3 is 2.76 bits per heavy atom. The molecule has 0 spiro atoms. The number of benzene rings is 1. The van der Waals surface area contributed by atoms with Crippen molar-refractivity contribution in [2.75, 3.05) is 37.0 Å². The maximum Gasteiger partial charge on any atom is 0.414 e. The van der Waals surface area contributed by atoms with E-state index >= 15 is 0 Å². The van der Waals surface area contributed by atoms with Crippen LogP contribution in [0.15, 0.2) is 18.2 Å². The molecule has 3 rings (SSSR count). The SMILES string of the molecule is CN1Cc2cc(N3C[C@H](CN)OC3=O)ccc2N(C)C1=O. The lowest BCUT2D eigenvalue weighted by Crippen LogP contribution is -2.42. The molecule has 1 saturated heterocycles. The highest BCUT2D eigenvalue weighted by atomic mass is 16.6. The number of hydrogen-bond acceptors (Lipinski definition) is 4. The van der Waals surface area contributed by atoms with Gasteiger partial charge < -0.3 is 15.4 Å². The quantitative estimate of drug-likeness (QED) is 0.880. The Labute approximate surface area is 122 Å². The van der Waals surface area contributed by atoms with E-state index in [1.807, 2.05) is 18.2 Å². The Hall–Kier alpha value is -2.28. The summed E-state index contributed by atoms with van der Waals surface area (Å²) >= 11 is 0. The predicted octanol–water partition coefficient (Wildman–Crippen LogP) is 0.972. The van der Waals surface area contributed by atoms with Gasteiger partial charge in [-0.15, -0.1) is 0 Å². The zero-order valence-electron chi connectivity index (χ0n) is 12.1. The normalized spacial score (nSPS) is 21.7. The molecule has 7 nitrogen and oxygen atoms in total. The van der Waals surface area contributed by atoms with Crippen molar-refractivity contribution in [1.82, 2.24) is 4.90 Å². The summed E-state index contributed by atoms with van der Waals surface area (Å²) in [5.41, 5.74) is 8.18. The lowest BCUT2D eigenvalue weighted by molar-refractivity contribution is 0.145. The number of anilines is 2. The highest BCUT2D eigenvalue weighted by Crippen LogP contribution is 2.32. The van der Waals surface area contributed by atoms with Gasteiger partial charge in [-0.25, -0.2) is 9.59 Å². The number of carbonyl (C=O) groups is 2. The van der Waals surface area contributed by atoms with Crippen LogP contribution in [-0.4, -0.2) is 50.3 Å². The molecule has 112 valence electrons. The van der Waals surface area contributed by atoms with Crippen molar-refractivity contribution in [2.45, 2.75) is 12.6 Å². The number of amides is 3. The number of carbonyl (C=O) groups excluding carboxylic acids is 2. The lowest BCUT2D eigenvalue weighted by atomic mass is 10.1. The number of nitrogens with two attached hydrogens (primary N) is 1. The predicted molar refractivity (Wildman–Crippen MR) is 78.4 cm³/mol. The van der Waals surface area contributed by atoms with Gasteiger partial charge in [0.2, 0.25) is 0 Å². The first kappa shape index (κ1) is 13.7. The summed E-state index contributed by atoms with van der Waals surface area (Å²) in [6.07, 6.45) is -0.639. The van der Waals surface area contributed by atoms with Crippen LogP contribution in [0.2, 0.25) is 0 Å². The molecule has 1 aromatic rings. The van der Waals surface area contributed by atoms with Crippen LogP contribution < -0.4 is 15.5 Å². The first-order valence-electron chi connectivity index (χ1n) is 6.81. The molecule has 0 radical (unpaired) electrons. The van der Waals surface area contributed by atoms with Crippen LogP contribution in [-0.2, 0) is 11.3 Å². The molecular formula is C14H18N4O3. The third-order valence-corrected chi connectivity index (χ3v) is 3.89. The molecule has 0 unspecified atom stereocenters. The highest BCUT2D eigenvalue weighted by molar-refractivity contribution is 5.95. The van der Waals surface area contributed by atoms with Crippen LogP contribution in [0.5, 0.6) is 0 Å². The number of cyclic esters (lactones) is 1. The molecule has 2 N–H and O–H groups in total. The van der Waals surface area contributed by atoms with E-state index in [2.05, 4.69) is 0 Å². The largest absolute Gasteiger partial charge is 0.443 e. The first-order valence-corrected chi connectivity index (χ1v) is 6.81. The zero-order valence-corrected chi connectivity index (χ0v) is 12.1. The molecule has 2 aliphatic heterocycles. The number of hydrogen-bond donors (Lipinski definition) is 1. The lowest BCUT2D eigenvalue weighted by Gasteiger charge is -2.33. The summed E-state index contributed by atoms with van der Waals surface area (Å²) in [6, 6.07) is 5.57. The Morgan fingerprint density at radius 2 is 2.10 bits per heavy atom. The van der Waals surface area contributed by atoms with Crippen LogP contribution in [0.1, 0.15) is 5.56 Å². The van der Waals surface area contributed by atoms with E-state index in [0.717, 1.165) is 16.9 Å². The molecule has 1 aromatic carbocycles. The average molecular weight is 290 g/mol. The smallest absolute Gasteiger partial charge is 0.414 e. The number of urea groups is 1. The Bertz CT molecular complexity index is 604. The van der Waals surface area contributed by atoms with Crippen LogP contribution >= 0.6 is 0 Å². The molecule has 7 heteroatoms. The highest BCUT2D eigenvalue weighted by Gasteiger charge is 2.32. The summed E-state index contributed by atoms with van der Waals surface area (Å²) in [5, 5.41) is 0. The van der Waals surface area contributed by atoms with Crippen molar-refractivity contribution >= 4 is 23.5 Å². The third kappa shape index (κ3) is 2.19. The molecule has 1 fully saturated rings. The molecule has 0 aliphatic carbocycles. The van der Waals surface area contributed by atoms with Gasteiger partial charge in [-0.1, -0.05) is 0 Å². The summed E-state index contributed by atoms with van der Waals surface area (Å²) in [6.45, 7) is 1.29. The topological polar surface area (TPSA) is 79.1 Å². The van der Waals surface area contributed by atoms with Crippen LogP contribution in [0.3, 0.4) is 0 Å². The van der Waals surface area contributed by atoms with Crippen molar-refractivity contribution < 1.29 is 14.3 Å². The van der Waals surface area contributed by atoms with E-state index in [1.54, 1.807) is 28.8 Å². The fourth-order valence-corrected chi connectivity index (χ4v) is 2.73. The molecule has 2 aliphatic rings. The summed E-state index contributed by atoms with van der Waals surface area (Å²) in [5.74, 6) is 0. The van der Waals surface area contributed by atoms with E-state index in [-0.39, 0.29) is 18.2 Å². The van der Waals surface area contributed by atoms with E-state index in [4.69, 9.17) is 10.5 Å². The molecule has 21 heavy (non-hydrogen) atoms. The van der Waals surface area contributed by atoms with Gasteiger partial charge in [0.05, 0.1) is 12.2 Å². The zero-order chi connectivity index (χ0) is 15.1. The van der Waals surface area contributed by atoms with Crippen LogP contribution in [0, 0.1) is 0 Å². The summed E-state index contributed by atoms with van der Waals surface area (Å²) < 4.78 is 5.17. The van der Waals surface area contributed by atoms with Gasteiger partial charge in [0.1, 0.15) is 6.10 Å². The molecule has 1 atom stereocenters. The second kappa shape index (κ2) is 4.92. The summed E-state index contributed by atoms with van der Waals surface area (Å²) in [4.78, 5) is 28.6. The van der Waals surface area contributed by atoms with Crippen molar-refractivity contribution in [3.05, 3.63) is 23.8 Å². The van der Waals surface area contributed by atoms with Gasteiger partial charge in [0.15, 0.2) is 0 Å². The Morgan fingerprint density at radius 1 is 1.33 bits per heavy atom. The number of nitrogens with zero attached hydrogens (tertiary/aromatic N) is 3. The van der Waals surface area contributed by atoms with Crippen LogP contribution in [0.25, 0.3) is 0 Å². The van der Waals surface area contributed by atoms with Crippen molar-refractivity contribution in [3.63, 3.8) is 0 Å². The van der Waals surface area contributed by atoms with E-state index in [1.165, 1.54) is 0 Å². The fraction of sp³-hybridized carbons (Fsp3) is 0.429. The van der Waals surface area contributed by atoms with Crippen molar-refractivity contribution in [2.24, 2.45) is 5.73 Å². The monoisotopic (exact) mass is 290 g/mol. The Balaban J connectivity index is 1.92. The maximum atomic E-state index is 11.9. The van der Waals surface area contributed by atoms with E-state index < -0.39 is 0 Å². The summed E-state index contributed by atoms with van der Waals surface area (Å²) in [7, 11) is 3.49. The second-order valence-corrected chi connectivity index (χ2v) is 5.36. The third-order valence-electron chi connectivity index (χ3n) is 3.89. The minimum absolute atomic E-state index is 0.0426. The van der Waals surface area contributed by atoms with E-state index in [9.17, 15) is 9.59 Å². The minimum Gasteiger partial charge on any atom is -0.443 e. The van der Waals surface area contributed by atoms with Gasteiger partial charge in [0, 0.05) is 32.9 Å². The van der Waals surface area contributed by atoms with Gasteiger partial charge in [-0.2, -0.15) is 0 Å². The molecule has 3 amide bonds. The van der Waals surface area contributed by atoms with Crippen LogP contribution in [0.4, 0.5) is 21.0 Å². The molecule has 0 saturated carbocycles. The minimum atomic E-state index is -0.376. The second-order valence-electron chi connectivity index (χ2n) is 5.36. The molecular weight excluding hydrogens is 272 g/mol. The fourth-order valence-electron chi connectivity index (χ4n) is 2.73. The number of fused-ring (bicyclic) bond motifs is 1. The van der Waals surface area contributed by atoms with Gasteiger partial charge in [-0.3, -0.25) is 9.80 Å². The Kier molecular flexibility index (Phi) is 3.21. The van der Waals surface area contributed by atoms with Gasteiger partial charge in [0.25, 0.3) is 0 Å². The van der Waals surface area contributed by atoms with Gasteiger partial charge >= 0.3 is 12.1 Å². The standard InChI is InChI=1S/C14H18N4O3/c1-16-7-9-5-10(3-4-12(9)17(2)13(16)19)18-8-11(6-15)21-14(18)20/h3-5,11H,6-8,15H2,1-2H3/t11-/m0/s1. The molecule has 0 bridgehead atoms. The van der Waals surface area contributed by atoms with Crippen molar-refractivity contribution in [3.8, 4) is 0 Å². The van der Waals surface area contributed by atoms with E-state index in [0.29, 0.717) is 19.6 Å². The number of ether oxygens (including phenoxy) is 1. The average Bonchev–Trinajstić information content (AvgIpc) is 2.85. The first-order chi connectivity index (χ1) is 10.0. The number of rotatable bonds is 2. The van der Waals surface area contributed by atoms with Gasteiger partial charge in [-0.05, 0) is 23.8 Å². The molecule has 2 heterocycles. The molecule has 0 aromatic heterocycles.